The maximum Gasteiger partial charge on any atom is 0.417 e. The fourth-order valence-electron chi connectivity index (χ4n) is 1.85. The smallest absolute Gasteiger partial charge is 0.288 e. The third kappa shape index (κ3) is 2.80. The minimum absolute atomic E-state index is 0.0379. The average Bonchev–Trinajstić information content (AvgIpc) is 2.46. The summed E-state index contributed by atoms with van der Waals surface area (Å²) in [5, 5.41) is 8.48. The van der Waals surface area contributed by atoms with Crippen molar-refractivity contribution < 1.29 is 23.2 Å². The number of hydroxylamine groups is 1. The molecule has 0 heterocycles. The molecule has 0 saturated carbocycles. The van der Waals surface area contributed by atoms with Crippen LogP contribution >= 0.6 is 0 Å². The molecule has 3 nitrogen and oxygen atoms in total. The van der Waals surface area contributed by atoms with Crippen molar-refractivity contribution in [3.05, 3.63) is 59.7 Å². The highest BCUT2D eigenvalue weighted by Crippen LogP contribution is 2.36. The Hall–Kier alpha value is -2.34. The van der Waals surface area contributed by atoms with Gasteiger partial charge in [-0.15, -0.1) is 0 Å². The summed E-state index contributed by atoms with van der Waals surface area (Å²) >= 11 is 0. The third-order valence-corrected chi connectivity index (χ3v) is 2.79. The van der Waals surface area contributed by atoms with Gasteiger partial charge in [0.15, 0.2) is 0 Å². The van der Waals surface area contributed by atoms with Gasteiger partial charge in [0.1, 0.15) is 0 Å². The fourth-order valence-corrected chi connectivity index (χ4v) is 1.85. The predicted octanol–water partition coefficient (Wildman–Crippen LogP) is 3.49. The molecule has 0 bridgehead atoms. The van der Waals surface area contributed by atoms with E-state index in [-0.39, 0.29) is 11.1 Å². The number of benzene rings is 2. The lowest BCUT2D eigenvalue weighted by molar-refractivity contribution is -0.137. The molecule has 1 amide bonds. The van der Waals surface area contributed by atoms with Gasteiger partial charge < -0.3 is 0 Å². The van der Waals surface area contributed by atoms with Crippen LogP contribution in [0, 0.1) is 0 Å². The van der Waals surface area contributed by atoms with E-state index in [4.69, 9.17) is 5.21 Å². The van der Waals surface area contributed by atoms with Crippen LogP contribution in [0.2, 0.25) is 0 Å². The first-order chi connectivity index (χ1) is 9.43. The van der Waals surface area contributed by atoms with Crippen LogP contribution in [-0.2, 0) is 6.18 Å². The van der Waals surface area contributed by atoms with Crippen LogP contribution in [0.4, 0.5) is 13.2 Å². The Morgan fingerprint density at radius 1 is 1.00 bits per heavy atom. The van der Waals surface area contributed by atoms with Crippen LogP contribution in [0.25, 0.3) is 11.1 Å². The summed E-state index contributed by atoms with van der Waals surface area (Å²) in [4.78, 5) is 11.1. The largest absolute Gasteiger partial charge is 0.417 e. The van der Waals surface area contributed by atoms with Crippen LogP contribution in [-0.4, -0.2) is 11.1 Å². The standard InChI is InChI=1S/C14H10F3NO2/c15-14(16,17)12-4-2-1-3-11(12)9-5-7-10(8-6-9)13(19)18-20/h1-8,20H,(H,18,19). The normalized spacial score (nSPS) is 11.2. The van der Waals surface area contributed by atoms with Gasteiger partial charge in [-0.2, -0.15) is 13.2 Å². The second kappa shape index (κ2) is 5.34. The number of rotatable bonds is 2. The molecule has 20 heavy (non-hydrogen) atoms. The Kier molecular flexibility index (Phi) is 3.76. The summed E-state index contributed by atoms with van der Waals surface area (Å²) in [6.45, 7) is 0. The predicted molar refractivity (Wildman–Crippen MR) is 66.1 cm³/mol. The molecular weight excluding hydrogens is 271 g/mol. The molecule has 0 spiro atoms. The maximum atomic E-state index is 12.9. The first-order valence-electron chi connectivity index (χ1n) is 5.64. The van der Waals surface area contributed by atoms with E-state index >= 15 is 0 Å². The molecule has 0 radical (unpaired) electrons. The third-order valence-electron chi connectivity index (χ3n) is 2.79. The summed E-state index contributed by atoms with van der Waals surface area (Å²) in [6, 6.07) is 10.7. The number of hydrogen-bond acceptors (Lipinski definition) is 2. The highest BCUT2D eigenvalue weighted by Gasteiger charge is 2.33. The number of alkyl halides is 3. The lowest BCUT2D eigenvalue weighted by Gasteiger charge is -2.12. The highest BCUT2D eigenvalue weighted by atomic mass is 19.4. The van der Waals surface area contributed by atoms with Crippen LogP contribution in [0.15, 0.2) is 48.5 Å². The van der Waals surface area contributed by atoms with Crippen molar-refractivity contribution >= 4 is 5.91 Å². The molecule has 0 aliphatic rings. The molecule has 2 aromatic rings. The Morgan fingerprint density at radius 2 is 1.60 bits per heavy atom. The summed E-state index contributed by atoms with van der Waals surface area (Å²) in [5.74, 6) is -0.722. The van der Waals surface area contributed by atoms with Gasteiger partial charge in [0.2, 0.25) is 0 Å². The summed E-state index contributed by atoms with van der Waals surface area (Å²) in [7, 11) is 0. The molecular formula is C14H10F3NO2. The number of hydrogen-bond donors (Lipinski definition) is 2. The molecule has 0 aromatic heterocycles. The molecule has 0 unspecified atom stereocenters. The fraction of sp³-hybridized carbons (Fsp3) is 0.0714. The van der Waals surface area contributed by atoms with E-state index in [0.29, 0.717) is 5.56 Å². The molecule has 2 N–H and O–H groups in total. The van der Waals surface area contributed by atoms with Crippen molar-refractivity contribution in [2.75, 3.05) is 0 Å². The molecule has 0 aliphatic carbocycles. The Labute approximate surface area is 112 Å². The van der Waals surface area contributed by atoms with E-state index in [2.05, 4.69) is 0 Å². The SMILES string of the molecule is O=C(NO)c1ccc(-c2ccccc2C(F)(F)F)cc1. The van der Waals surface area contributed by atoms with Gasteiger partial charge in [0.05, 0.1) is 5.56 Å². The van der Waals surface area contributed by atoms with E-state index in [9.17, 15) is 18.0 Å². The van der Waals surface area contributed by atoms with E-state index in [1.165, 1.54) is 47.9 Å². The van der Waals surface area contributed by atoms with Crippen molar-refractivity contribution in [1.82, 2.24) is 5.48 Å². The van der Waals surface area contributed by atoms with Crippen molar-refractivity contribution in [2.45, 2.75) is 6.18 Å². The summed E-state index contributed by atoms with van der Waals surface area (Å²) in [5.41, 5.74) is 1.25. The zero-order valence-corrected chi connectivity index (χ0v) is 10.1. The molecule has 0 aliphatic heterocycles. The van der Waals surface area contributed by atoms with Gasteiger partial charge in [-0.25, -0.2) is 5.48 Å². The van der Waals surface area contributed by atoms with Crippen molar-refractivity contribution in [1.29, 1.82) is 0 Å². The molecule has 0 atom stereocenters. The second-order valence-electron chi connectivity index (χ2n) is 4.06. The van der Waals surface area contributed by atoms with Gasteiger partial charge in [-0.3, -0.25) is 10.0 Å². The Morgan fingerprint density at radius 3 is 2.15 bits per heavy atom. The molecule has 2 aromatic carbocycles. The number of nitrogens with one attached hydrogen (secondary N) is 1. The van der Waals surface area contributed by atoms with Crippen molar-refractivity contribution in [2.24, 2.45) is 0 Å². The highest BCUT2D eigenvalue weighted by molar-refractivity contribution is 5.93. The maximum absolute atomic E-state index is 12.9. The minimum Gasteiger partial charge on any atom is -0.288 e. The lowest BCUT2D eigenvalue weighted by atomic mass is 9.98. The molecule has 0 fully saturated rings. The van der Waals surface area contributed by atoms with Gasteiger partial charge in [-0.05, 0) is 29.3 Å². The first-order valence-corrected chi connectivity index (χ1v) is 5.64. The van der Waals surface area contributed by atoms with Crippen LogP contribution in [0.3, 0.4) is 0 Å². The van der Waals surface area contributed by atoms with Crippen molar-refractivity contribution in [3.63, 3.8) is 0 Å². The van der Waals surface area contributed by atoms with Gasteiger partial charge in [0.25, 0.3) is 5.91 Å². The molecule has 2 rings (SSSR count). The first kappa shape index (κ1) is 14.1. The molecule has 6 heteroatoms. The average molecular weight is 281 g/mol. The number of carbonyl (C=O) groups is 1. The Balaban J connectivity index is 2.45. The minimum atomic E-state index is -4.45. The van der Waals surface area contributed by atoms with E-state index < -0.39 is 17.6 Å². The van der Waals surface area contributed by atoms with E-state index in [0.717, 1.165) is 6.07 Å². The van der Waals surface area contributed by atoms with Crippen molar-refractivity contribution in [3.8, 4) is 11.1 Å². The summed E-state index contributed by atoms with van der Waals surface area (Å²) < 4.78 is 38.7. The van der Waals surface area contributed by atoms with E-state index in [1.54, 1.807) is 0 Å². The molecule has 104 valence electrons. The van der Waals surface area contributed by atoms with E-state index in [1.807, 2.05) is 0 Å². The van der Waals surface area contributed by atoms with Gasteiger partial charge >= 0.3 is 6.18 Å². The number of amides is 1. The zero-order chi connectivity index (χ0) is 14.8. The van der Waals surface area contributed by atoms with Gasteiger partial charge in [0, 0.05) is 5.56 Å². The van der Waals surface area contributed by atoms with Crippen LogP contribution < -0.4 is 5.48 Å². The number of halogens is 3. The van der Waals surface area contributed by atoms with Crippen LogP contribution in [0.5, 0.6) is 0 Å². The summed E-state index contributed by atoms with van der Waals surface area (Å²) in [6.07, 6.45) is -4.45. The second-order valence-corrected chi connectivity index (χ2v) is 4.06. The quantitative estimate of drug-likeness (QED) is 0.654. The number of carbonyl (C=O) groups excluding carboxylic acids is 1. The zero-order valence-electron chi connectivity index (χ0n) is 10.1. The topological polar surface area (TPSA) is 49.3 Å². The van der Waals surface area contributed by atoms with Crippen LogP contribution in [0.1, 0.15) is 15.9 Å². The van der Waals surface area contributed by atoms with Gasteiger partial charge in [-0.1, -0.05) is 30.3 Å². The monoisotopic (exact) mass is 281 g/mol. The molecule has 0 saturated heterocycles. The Bertz CT molecular complexity index is 621. The lowest BCUT2D eigenvalue weighted by Crippen LogP contribution is -2.18.